The Morgan fingerprint density at radius 3 is 2.90 bits per heavy atom. The van der Waals surface area contributed by atoms with Crippen molar-refractivity contribution < 1.29 is 18.7 Å². The Labute approximate surface area is 124 Å². The fourth-order valence-electron chi connectivity index (χ4n) is 1.59. The van der Waals surface area contributed by atoms with Crippen molar-refractivity contribution in [2.45, 2.75) is 19.4 Å². The molecule has 0 saturated carbocycles. The highest BCUT2D eigenvalue weighted by Gasteiger charge is 2.16. The summed E-state index contributed by atoms with van der Waals surface area (Å²) < 4.78 is 18.0. The molecule has 2 aromatic rings. The Morgan fingerprint density at radius 2 is 2.24 bits per heavy atom. The molecule has 0 spiro atoms. The number of thiazole rings is 1. The molecule has 1 aromatic heterocycles. The minimum Gasteiger partial charge on any atom is -0.452 e. The van der Waals surface area contributed by atoms with Gasteiger partial charge in [-0.05, 0) is 19.1 Å². The average Bonchev–Trinajstić information content (AvgIpc) is 2.86. The molecular formula is C14H13FN2O3S. The summed E-state index contributed by atoms with van der Waals surface area (Å²) in [6.07, 6.45) is -1.04. The van der Waals surface area contributed by atoms with Crippen LogP contribution in [0.1, 0.15) is 12.6 Å². The molecule has 1 aromatic carbocycles. The van der Waals surface area contributed by atoms with E-state index in [1.54, 1.807) is 17.5 Å². The van der Waals surface area contributed by atoms with Gasteiger partial charge in [-0.1, -0.05) is 12.1 Å². The monoisotopic (exact) mass is 308 g/mol. The van der Waals surface area contributed by atoms with Crippen LogP contribution in [0.4, 0.5) is 4.39 Å². The molecule has 2 N–H and O–H groups in total. The summed E-state index contributed by atoms with van der Waals surface area (Å²) in [5.41, 5.74) is 6.15. The summed E-state index contributed by atoms with van der Waals surface area (Å²) in [4.78, 5) is 26.7. The summed E-state index contributed by atoms with van der Waals surface area (Å²) in [5.74, 6) is -1.64. The smallest absolute Gasteiger partial charge is 0.312 e. The summed E-state index contributed by atoms with van der Waals surface area (Å²) in [6.45, 7) is 1.40. The van der Waals surface area contributed by atoms with Gasteiger partial charge in [-0.25, -0.2) is 9.37 Å². The van der Waals surface area contributed by atoms with Gasteiger partial charge in [0.15, 0.2) is 6.10 Å². The van der Waals surface area contributed by atoms with E-state index in [0.29, 0.717) is 16.3 Å². The molecule has 110 valence electrons. The topological polar surface area (TPSA) is 82.3 Å². The van der Waals surface area contributed by atoms with Crippen LogP contribution in [0.25, 0.3) is 10.6 Å². The third-order valence-electron chi connectivity index (χ3n) is 2.66. The zero-order valence-electron chi connectivity index (χ0n) is 11.2. The Morgan fingerprint density at radius 1 is 1.48 bits per heavy atom. The summed E-state index contributed by atoms with van der Waals surface area (Å²) in [6, 6.07) is 6.05. The van der Waals surface area contributed by atoms with Crippen molar-refractivity contribution in [2.24, 2.45) is 5.73 Å². The number of benzene rings is 1. The third kappa shape index (κ3) is 4.09. The summed E-state index contributed by atoms with van der Waals surface area (Å²) in [7, 11) is 0. The number of aromatic nitrogens is 1. The first kappa shape index (κ1) is 15.1. The zero-order chi connectivity index (χ0) is 15.4. The molecule has 0 bridgehead atoms. The maximum Gasteiger partial charge on any atom is 0.312 e. The van der Waals surface area contributed by atoms with E-state index in [0.717, 1.165) is 0 Å². The number of hydrogen-bond donors (Lipinski definition) is 1. The number of nitrogens with zero attached hydrogens (tertiary/aromatic N) is 1. The van der Waals surface area contributed by atoms with E-state index in [1.165, 1.54) is 30.4 Å². The molecule has 0 aliphatic heterocycles. The quantitative estimate of drug-likeness (QED) is 0.855. The second-order valence-corrected chi connectivity index (χ2v) is 5.22. The fraction of sp³-hybridized carbons (Fsp3) is 0.214. The van der Waals surface area contributed by atoms with Crippen LogP contribution in [0.2, 0.25) is 0 Å². The van der Waals surface area contributed by atoms with Gasteiger partial charge in [0.2, 0.25) is 0 Å². The number of carbonyl (C=O) groups is 2. The largest absolute Gasteiger partial charge is 0.452 e. The SMILES string of the molecule is CC(OC(=O)Cc1csc(-c2cccc(F)c2)n1)C(N)=O. The first-order chi connectivity index (χ1) is 9.95. The van der Waals surface area contributed by atoms with Gasteiger partial charge in [-0.2, -0.15) is 0 Å². The predicted octanol–water partition coefficient (Wildman–Crippen LogP) is 1.91. The molecule has 7 heteroatoms. The Hall–Kier alpha value is -2.28. The molecule has 21 heavy (non-hydrogen) atoms. The zero-order valence-corrected chi connectivity index (χ0v) is 12.0. The van der Waals surface area contributed by atoms with Crippen molar-refractivity contribution in [3.05, 3.63) is 41.2 Å². The lowest BCUT2D eigenvalue weighted by Gasteiger charge is -2.08. The number of ether oxygens (including phenoxy) is 1. The Balaban J connectivity index is 2.03. The number of carbonyl (C=O) groups excluding carboxylic acids is 2. The molecule has 0 saturated heterocycles. The normalized spacial score (nSPS) is 11.9. The Kier molecular flexibility index (Phi) is 4.64. The minimum atomic E-state index is -0.973. The predicted molar refractivity (Wildman–Crippen MR) is 76.0 cm³/mol. The van der Waals surface area contributed by atoms with Crippen molar-refractivity contribution >= 4 is 23.2 Å². The van der Waals surface area contributed by atoms with Crippen molar-refractivity contribution in [1.29, 1.82) is 0 Å². The number of hydrogen-bond acceptors (Lipinski definition) is 5. The van der Waals surface area contributed by atoms with Gasteiger partial charge in [-0.15, -0.1) is 11.3 Å². The number of halogens is 1. The molecule has 5 nitrogen and oxygen atoms in total. The first-order valence-corrected chi connectivity index (χ1v) is 7.03. The van der Waals surface area contributed by atoms with E-state index in [-0.39, 0.29) is 12.2 Å². The van der Waals surface area contributed by atoms with Gasteiger partial charge >= 0.3 is 5.97 Å². The van der Waals surface area contributed by atoms with Crippen LogP contribution in [0.15, 0.2) is 29.6 Å². The number of nitrogens with two attached hydrogens (primary N) is 1. The molecule has 0 fully saturated rings. The second kappa shape index (κ2) is 6.45. The van der Waals surface area contributed by atoms with Crippen LogP contribution in [0.5, 0.6) is 0 Å². The van der Waals surface area contributed by atoms with Gasteiger partial charge in [0.1, 0.15) is 10.8 Å². The lowest BCUT2D eigenvalue weighted by Crippen LogP contribution is -2.30. The van der Waals surface area contributed by atoms with Crippen molar-refractivity contribution in [3.8, 4) is 10.6 Å². The lowest BCUT2D eigenvalue weighted by atomic mass is 10.2. The maximum absolute atomic E-state index is 13.1. The van der Waals surface area contributed by atoms with Gasteiger partial charge < -0.3 is 10.5 Å². The molecule has 0 aliphatic rings. The molecule has 1 atom stereocenters. The lowest BCUT2D eigenvalue weighted by molar-refractivity contribution is -0.153. The van der Waals surface area contributed by atoms with Crippen LogP contribution in [0, 0.1) is 5.82 Å². The summed E-state index contributed by atoms with van der Waals surface area (Å²) in [5, 5.41) is 2.30. The minimum absolute atomic E-state index is 0.0660. The van der Waals surface area contributed by atoms with Crippen molar-refractivity contribution in [2.75, 3.05) is 0 Å². The number of esters is 1. The van der Waals surface area contributed by atoms with Crippen molar-refractivity contribution in [3.63, 3.8) is 0 Å². The van der Waals surface area contributed by atoms with Gasteiger partial charge in [0.05, 0.1) is 12.1 Å². The highest BCUT2D eigenvalue weighted by molar-refractivity contribution is 7.13. The van der Waals surface area contributed by atoms with E-state index >= 15 is 0 Å². The van der Waals surface area contributed by atoms with Crippen LogP contribution >= 0.6 is 11.3 Å². The van der Waals surface area contributed by atoms with E-state index < -0.39 is 18.0 Å². The van der Waals surface area contributed by atoms with Crippen LogP contribution in [-0.4, -0.2) is 23.0 Å². The van der Waals surface area contributed by atoms with Gasteiger partial charge in [-0.3, -0.25) is 9.59 Å². The molecule has 1 heterocycles. The molecule has 1 amide bonds. The highest BCUT2D eigenvalue weighted by Crippen LogP contribution is 2.24. The highest BCUT2D eigenvalue weighted by atomic mass is 32.1. The number of primary amides is 1. The van der Waals surface area contributed by atoms with Gasteiger partial charge in [0.25, 0.3) is 5.91 Å². The van der Waals surface area contributed by atoms with E-state index in [4.69, 9.17) is 10.5 Å². The molecular weight excluding hydrogens is 295 g/mol. The average molecular weight is 308 g/mol. The molecule has 1 unspecified atom stereocenters. The van der Waals surface area contributed by atoms with E-state index in [9.17, 15) is 14.0 Å². The van der Waals surface area contributed by atoms with Crippen molar-refractivity contribution in [1.82, 2.24) is 4.98 Å². The Bertz CT molecular complexity index is 672. The second-order valence-electron chi connectivity index (χ2n) is 4.37. The van der Waals surface area contributed by atoms with Gasteiger partial charge in [0, 0.05) is 10.9 Å². The van der Waals surface area contributed by atoms with Crippen LogP contribution in [-0.2, 0) is 20.7 Å². The molecule has 2 rings (SSSR count). The standard InChI is InChI=1S/C14H13FN2O3S/c1-8(13(16)19)20-12(18)6-11-7-21-14(17-11)9-3-2-4-10(15)5-9/h2-5,7-8H,6H2,1H3,(H2,16,19). The van der Waals surface area contributed by atoms with E-state index in [1.807, 2.05) is 0 Å². The first-order valence-electron chi connectivity index (χ1n) is 6.15. The van der Waals surface area contributed by atoms with E-state index in [2.05, 4.69) is 4.98 Å². The number of amides is 1. The molecule has 0 radical (unpaired) electrons. The third-order valence-corrected chi connectivity index (χ3v) is 3.60. The maximum atomic E-state index is 13.1. The van der Waals surface area contributed by atoms with Crippen LogP contribution in [0.3, 0.4) is 0 Å². The summed E-state index contributed by atoms with van der Waals surface area (Å²) >= 11 is 1.30. The molecule has 0 aliphatic carbocycles. The fourth-order valence-corrected chi connectivity index (χ4v) is 2.40. The number of rotatable bonds is 5. The van der Waals surface area contributed by atoms with Crippen LogP contribution < -0.4 is 5.73 Å².